The van der Waals surface area contributed by atoms with Crippen molar-refractivity contribution >= 4 is 34.3 Å². The number of carbonyl (C=O) groups excluding carboxylic acids is 2. The molecule has 38 heavy (non-hydrogen) atoms. The first-order valence-electron chi connectivity index (χ1n) is 12.1. The van der Waals surface area contributed by atoms with E-state index in [1.165, 1.54) is 30.1 Å². The SMILES string of the molecule is CCc1ccc(-c2csc(NC(=O)/C=C/c3ccc(OCc4ccccc4)c(OC)c3)c2C(=O)OC)cc1. The number of thiophene rings is 1. The summed E-state index contributed by atoms with van der Waals surface area (Å²) < 4.78 is 16.4. The van der Waals surface area contributed by atoms with Crippen LogP contribution in [0.3, 0.4) is 0 Å². The van der Waals surface area contributed by atoms with Crippen molar-refractivity contribution in [1.29, 1.82) is 0 Å². The van der Waals surface area contributed by atoms with Crippen LogP contribution in [0.4, 0.5) is 5.00 Å². The zero-order valence-electron chi connectivity index (χ0n) is 21.5. The lowest BCUT2D eigenvalue weighted by atomic mass is 10.0. The Hall–Kier alpha value is -4.36. The molecule has 0 fully saturated rings. The summed E-state index contributed by atoms with van der Waals surface area (Å²) in [6, 6.07) is 23.3. The van der Waals surface area contributed by atoms with Gasteiger partial charge in [-0.2, -0.15) is 0 Å². The molecule has 0 bridgehead atoms. The van der Waals surface area contributed by atoms with Crippen molar-refractivity contribution in [3.63, 3.8) is 0 Å². The first-order valence-corrected chi connectivity index (χ1v) is 13.0. The van der Waals surface area contributed by atoms with Crippen molar-refractivity contribution in [1.82, 2.24) is 0 Å². The van der Waals surface area contributed by atoms with Crippen molar-refractivity contribution in [2.45, 2.75) is 20.0 Å². The standard InChI is InChI=1S/C31H29NO5S/c1-4-21-10-14-24(15-11-21)25-20-38-30(29(25)31(34)36-3)32-28(33)17-13-22-12-16-26(27(18-22)35-2)37-19-23-8-6-5-7-9-23/h5-18,20H,4,19H2,1-3H3,(H,32,33)/b17-13+. The lowest BCUT2D eigenvalue weighted by molar-refractivity contribution is -0.111. The fourth-order valence-electron chi connectivity index (χ4n) is 3.85. The molecule has 1 N–H and O–H groups in total. The number of ether oxygens (including phenoxy) is 3. The number of esters is 1. The molecule has 1 amide bonds. The van der Waals surface area contributed by atoms with Crippen LogP contribution in [0.1, 0.15) is 34.0 Å². The van der Waals surface area contributed by atoms with Crippen LogP contribution in [0.2, 0.25) is 0 Å². The number of hydrogen-bond donors (Lipinski definition) is 1. The lowest BCUT2D eigenvalue weighted by Gasteiger charge is -2.11. The summed E-state index contributed by atoms with van der Waals surface area (Å²) in [5.74, 6) is 0.302. The highest BCUT2D eigenvalue weighted by Crippen LogP contribution is 2.36. The Kier molecular flexibility index (Phi) is 8.95. The van der Waals surface area contributed by atoms with E-state index >= 15 is 0 Å². The second-order valence-corrected chi connectivity index (χ2v) is 9.28. The van der Waals surface area contributed by atoms with Crippen molar-refractivity contribution < 1.29 is 23.8 Å². The largest absolute Gasteiger partial charge is 0.493 e. The molecule has 0 atom stereocenters. The fraction of sp³-hybridized carbons (Fsp3) is 0.161. The van der Waals surface area contributed by atoms with Gasteiger partial charge in [-0.1, -0.05) is 67.6 Å². The zero-order valence-corrected chi connectivity index (χ0v) is 22.3. The second-order valence-electron chi connectivity index (χ2n) is 8.40. The van der Waals surface area contributed by atoms with Crippen molar-refractivity contribution in [2.24, 2.45) is 0 Å². The Morgan fingerprint density at radius 1 is 0.921 bits per heavy atom. The highest BCUT2D eigenvalue weighted by Gasteiger charge is 2.22. The topological polar surface area (TPSA) is 73.9 Å². The van der Waals surface area contributed by atoms with Gasteiger partial charge in [-0.05, 0) is 46.9 Å². The molecule has 1 aromatic heterocycles. The molecule has 1 heterocycles. The predicted octanol–water partition coefficient (Wildman–Crippen LogP) is 7.00. The van der Waals surface area contributed by atoms with Crippen LogP contribution in [-0.2, 0) is 22.6 Å². The Balaban J connectivity index is 1.47. The molecule has 6 nitrogen and oxygen atoms in total. The van der Waals surface area contributed by atoms with E-state index in [4.69, 9.17) is 14.2 Å². The summed E-state index contributed by atoms with van der Waals surface area (Å²) in [6.07, 6.45) is 4.02. The summed E-state index contributed by atoms with van der Waals surface area (Å²) in [4.78, 5) is 25.4. The predicted molar refractivity (Wildman–Crippen MR) is 152 cm³/mol. The number of amides is 1. The van der Waals surface area contributed by atoms with E-state index < -0.39 is 5.97 Å². The Bertz CT molecular complexity index is 1420. The van der Waals surface area contributed by atoms with E-state index in [1.54, 1.807) is 19.3 Å². The van der Waals surface area contributed by atoms with Gasteiger partial charge < -0.3 is 19.5 Å². The van der Waals surface area contributed by atoms with Gasteiger partial charge in [0.15, 0.2) is 11.5 Å². The van der Waals surface area contributed by atoms with Crippen molar-refractivity contribution in [3.05, 3.63) is 107 Å². The van der Waals surface area contributed by atoms with Crippen LogP contribution >= 0.6 is 11.3 Å². The van der Waals surface area contributed by atoms with Gasteiger partial charge in [0.1, 0.15) is 17.2 Å². The number of rotatable bonds is 10. The van der Waals surface area contributed by atoms with Crippen LogP contribution in [0.5, 0.6) is 11.5 Å². The number of methoxy groups -OCH3 is 2. The lowest BCUT2D eigenvalue weighted by Crippen LogP contribution is -2.11. The first kappa shape index (κ1) is 26.7. The summed E-state index contributed by atoms with van der Waals surface area (Å²) in [7, 11) is 2.90. The molecule has 194 valence electrons. The molecule has 0 saturated heterocycles. The van der Waals surface area contributed by atoms with Gasteiger partial charge >= 0.3 is 5.97 Å². The molecule has 7 heteroatoms. The third-order valence-electron chi connectivity index (χ3n) is 5.94. The number of carbonyl (C=O) groups is 2. The number of benzene rings is 3. The summed E-state index contributed by atoms with van der Waals surface area (Å²) in [6.45, 7) is 2.51. The molecule has 3 aromatic carbocycles. The van der Waals surface area contributed by atoms with Crippen LogP contribution in [-0.4, -0.2) is 26.1 Å². The fourth-order valence-corrected chi connectivity index (χ4v) is 4.82. The Morgan fingerprint density at radius 3 is 2.37 bits per heavy atom. The van der Waals surface area contributed by atoms with E-state index in [0.717, 1.165) is 28.7 Å². The van der Waals surface area contributed by atoms with Crippen molar-refractivity contribution in [3.8, 4) is 22.6 Å². The van der Waals surface area contributed by atoms with Crippen LogP contribution in [0.25, 0.3) is 17.2 Å². The van der Waals surface area contributed by atoms with Gasteiger partial charge in [0.05, 0.1) is 14.2 Å². The zero-order chi connectivity index (χ0) is 26.9. The number of nitrogens with one attached hydrogen (secondary N) is 1. The van der Waals surface area contributed by atoms with E-state index in [1.807, 2.05) is 72.1 Å². The average Bonchev–Trinajstić information content (AvgIpc) is 3.38. The van der Waals surface area contributed by atoms with Gasteiger partial charge in [-0.25, -0.2) is 4.79 Å². The Labute approximate surface area is 226 Å². The monoisotopic (exact) mass is 527 g/mol. The molecule has 0 radical (unpaired) electrons. The maximum absolute atomic E-state index is 12.8. The molecule has 0 saturated carbocycles. The normalized spacial score (nSPS) is 10.8. The van der Waals surface area contributed by atoms with Gasteiger partial charge in [0.25, 0.3) is 0 Å². The summed E-state index contributed by atoms with van der Waals surface area (Å²) in [5.41, 5.74) is 4.97. The third kappa shape index (κ3) is 6.49. The molecule has 4 rings (SSSR count). The average molecular weight is 528 g/mol. The Morgan fingerprint density at radius 2 is 1.68 bits per heavy atom. The molecular formula is C31H29NO5S. The number of aryl methyl sites for hydroxylation is 1. The third-order valence-corrected chi connectivity index (χ3v) is 6.84. The number of anilines is 1. The highest BCUT2D eigenvalue weighted by molar-refractivity contribution is 7.15. The number of hydrogen-bond acceptors (Lipinski definition) is 6. The van der Waals surface area contributed by atoms with E-state index in [-0.39, 0.29) is 5.91 Å². The molecule has 4 aromatic rings. The highest BCUT2D eigenvalue weighted by atomic mass is 32.1. The maximum atomic E-state index is 12.8. The molecule has 0 unspecified atom stereocenters. The molecule has 0 aliphatic carbocycles. The molecular weight excluding hydrogens is 498 g/mol. The van der Waals surface area contributed by atoms with Gasteiger partial charge in [0, 0.05) is 17.0 Å². The second kappa shape index (κ2) is 12.7. The molecule has 0 aliphatic rings. The summed E-state index contributed by atoms with van der Waals surface area (Å²) in [5, 5.41) is 5.11. The minimum atomic E-state index is -0.504. The maximum Gasteiger partial charge on any atom is 0.341 e. The van der Waals surface area contributed by atoms with Crippen LogP contribution < -0.4 is 14.8 Å². The van der Waals surface area contributed by atoms with E-state index in [9.17, 15) is 9.59 Å². The van der Waals surface area contributed by atoms with Gasteiger partial charge in [-0.15, -0.1) is 11.3 Å². The van der Waals surface area contributed by atoms with Crippen LogP contribution in [0, 0.1) is 0 Å². The van der Waals surface area contributed by atoms with Crippen molar-refractivity contribution in [2.75, 3.05) is 19.5 Å². The molecule has 0 aliphatic heterocycles. The van der Waals surface area contributed by atoms with E-state index in [0.29, 0.717) is 28.7 Å². The quantitative estimate of drug-likeness (QED) is 0.177. The van der Waals surface area contributed by atoms with Crippen LogP contribution in [0.15, 0.2) is 84.3 Å². The van der Waals surface area contributed by atoms with Gasteiger partial charge in [0.2, 0.25) is 5.91 Å². The first-order chi connectivity index (χ1) is 18.5. The minimum absolute atomic E-state index is 0.338. The minimum Gasteiger partial charge on any atom is -0.493 e. The smallest absolute Gasteiger partial charge is 0.341 e. The van der Waals surface area contributed by atoms with Gasteiger partial charge in [-0.3, -0.25) is 4.79 Å². The molecule has 0 spiro atoms. The van der Waals surface area contributed by atoms with E-state index in [2.05, 4.69) is 12.2 Å². The summed E-state index contributed by atoms with van der Waals surface area (Å²) >= 11 is 1.28.